The largest absolute Gasteiger partial charge is 0.279 e. The van der Waals surface area contributed by atoms with E-state index in [1.54, 1.807) is 0 Å². The molecule has 1 aromatic carbocycles. The molecule has 17 heavy (non-hydrogen) atoms. The summed E-state index contributed by atoms with van der Waals surface area (Å²) in [4.78, 5) is 4.89. The highest BCUT2D eigenvalue weighted by molar-refractivity contribution is 7.59. The van der Waals surface area contributed by atoms with E-state index in [0.717, 1.165) is 15.3 Å². The van der Waals surface area contributed by atoms with Crippen molar-refractivity contribution in [1.82, 2.24) is 4.67 Å². The highest BCUT2D eigenvalue weighted by atomic mass is 31.1. The number of rotatable bonds is 3. The van der Waals surface area contributed by atoms with E-state index >= 15 is 0 Å². The van der Waals surface area contributed by atoms with Crippen LogP contribution in [0.3, 0.4) is 0 Å². The van der Waals surface area contributed by atoms with E-state index in [0.29, 0.717) is 0 Å². The Balaban J connectivity index is 2.12. The molecule has 2 rings (SSSR count). The van der Waals surface area contributed by atoms with Gasteiger partial charge in [0.2, 0.25) is 0 Å². The van der Waals surface area contributed by atoms with Gasteiger partial charge >= 0.3 is 0 Å². The molecule has 0 saturated carbocycles. The molecule has 2 atom stereocenters. The fourth-order valence-corrected chi connectivity index (χ4v) is 3.44. The van der Waals surface area contributed by atoms with Crippen LogP contribution in [0, 0.1) is 0 Å². The summed E-state index contributed by atoms with van der Waals surface area (Å²) in [5.74, 6) is 0. The molecule has 1 fully saturated rings. The second-order valence-corrected chi connectivity index (χ2v) is 6.22. The average Bonchev–Trinajstić information content (AvgIpc) is 2.34. The lowest BCUT2D eigenvalue weighted by Crippen LogP contribution is -2.53. The second-order valence-electron chi connectivity index (χ2n) is 4.98. The van der Waals surface area contributed by atoms with E-state index in [-0.39, 0.29) is 11.6 Å². The van der Waals surface area contributed by atoms with Gasteiger partial charge in [0.05, 0.1) is 17.0 Å². The van der Waals surface area contributed by atoms with Crippen molar-refractivity contribution in [3.05, 3.63) is 35.9 Å². The number of hydrogen-bond donors (Lipinski definition) is 0. The molecule has 3 heteroatoms. The van der Waals surface area contributed by atoms with Crippen LogP contribution in [0.4, 0.5) is 0 Å². The number of aliphatic imine (C=N–C) groups is 1. The van der Waals surface area contributed by atoms with Gasteiger partial charge in [0.1, 0.15) is 0 Å². The molecule has 2 unspecified atom stereocenters. The Morgan fingerprint density at radius 2 is 1.94 bits per heavy atom. The van der Waals surface area contributed by atoms with Gasteiger partial charge in [-0.1, -0.05) is 37.3 Å². The summed E-state index contributed by atoms with van der Waals surface area (Å²) in [5, 5.41) is 0. The minimum absolute atomic E-state index is 0.163. The fraction of sp³-hybridized carbons (Fsp3) is 0.500. The quantitative estimate of drug-likeness (QED) is 0.742. The van der Waals surface area contributed by atoms with Gasteiger partial charge in [-0.2, -0.15) is 0 Å². The van der Waals surface area contributed by atoms with Gasteiger partial charge in [0.15, 0.2) is 0 Å². The molecule has 0 spiro atoms. The van der Waals surface area contributed by atoms with Gasteiger partial charge in [-0.05, 0) is 35.1 Å². The lowest BCUT2D eigenvalue weighted by molar-refractivity contribution is 0.321. The third-order valence-corrected chi connectivity index (χ3v) is 5.51. The fourth-order valence-electron chi connectivity index (χ4n) is 2.14. The SMILES string of the molecule is CCN1PC(=NC(C)c2ccccc2)C1(C)C. The Labute approximate surface area is 106 Å². The summed E-state index contributed by atoms with van der Waals surface area (Å²) < 4.78 is 2.48. The van der Waals surface area contributed by atoms with Crippen LogP contribution >= 0.6 is 8.73 Å². The summed E-state index contributed by atoms with van der Waals surface area (Å²) >= 11 is 0. The Bertz CT molecular complexity index is 411. The standard InChI is InChI=1S/C14H21N2P/c1-5-16-14(3,4)13(17-16)15-11(2)12-9-7-6-8-10-12/h6-11,17H,5H2,1-4H3. The highest BCUT2D eigenvalue weighted by Crippen LogP contribution is 2.46. The molecule has 1 aliphatic heterocycles. The Kier molecular flexibility index (Phi) is 3.65. The monoisotopic (exact) mass is 248 g/mol. The molecule has 0 N–H and O–H groups in total. The maximum atomic E-state index is 4.89. The number of nitrogens with zero attached hydrogens (tertiary/aromatic N) is 2. The van der Waals surface area contributed by atoms with Gasteiger partial charge in [-0.15, -0.1) is 0 Å². The summed E-state index contributed by atoms with van der Waals surface area (Å²) in [6.45, 7) is 10.0. The highest BCUT2D eigenvalue weighted by Gasteiger charge is 2.42. The molecule has 0 amide bonds. The van der Waals surface area contributed by atoms with Crippen LogP contribution in [0.5, 0.6) is 0 Å². The van der Waals surface area contributed by atoms with Crippen molar-refractivity contribution in [2.75, 3.05) is 6.54 Å². The normalized spacial score (nSPS) is 24.8. The minimum atomic E-state index is 0.163. The lowest BCUT2D eigenvalue weighted by atomic mass is 10.1. The van der Waals surface area contributed by atoms with Gasteiger partial charge in [-0.25, -0.2) is 0 Å². The van der Waals surface area contributed by atoms with E-state index in [4.69, 9.17) is 4.99 Å². The smallest absolute Gasteiger partial charge is 0.0725 e. The van der Waals surface area contributed by atoms with Crippen molar-refractivity contribution < 1.29 is 0 Å². The van der Waals surface area contributed by atoms with Crippen molar-refractivity contribution >= 4 is 14.2 Å². The van der Waals surface area contributed by atoms with Crippen molar-refractivity contribution in [3.63, 3.8) is 0 Å². The van der Waals surface area contributed by atoms with Crippen LogP contribution in [-0.2, 0) is 0 Å². The average molecular weight is 248 g/mol. The predicted octanol–water partition coefficient (Wildman–Crippen LogP) is 3.85. The van der Waals surface area contributed by atoms with Crippen LogP contribution in [0.1, 0.15) is 39.3 Å². The topological polar surface area (TPSA) is 15.6 Å². The van der Waals surface area contributed by atoms with Crippen molar-refractivity contribution in [3.8, 4) is 0 Å². The van der Waals surface area contributed by atoms with E-state index in [1.165, 1.54) is 11.0 Å². The summed E-state index contributed by atoms with van der Waals surface area (Å²) in [7, 11) is 0.776. The number of benzene rings is 1. The lowest BCUT2D eigenvalue weighted by Gasteiger charge is -2.49. The summed E-state index contributed by atoms with van der Waals surface area (Å²) in [6.07, 6.45) is 0. The maximum absolute atomic E-state index is 4.89. The van der Waals surface area contributed by atoms with Crippen molar-refractivity contribution in [2.45, 2.75) is 39.3 Å². The third kappa shape index (κ3) is 2.43. The molecule has 0 radical (unpaired) electrons. The van der Waals surface area contributed by atoms with Crippen LogP contribution in [0.15, 0.2) is 35.3 Å². The molecule has 1 heterocycles. The molecular weight excluding hydrogens is 227 g/mol. The Morgan fingerprint density at radius 1 is 1.29 bits per heavy atom. The van der Waals surface area contributed by atoms with Gasteiger partial charge in [0.25, 0.3) is 0 Å². The first-order valence-corrected chi connectivity index (χ1v) is 7.18. The molecule has 0 bridgehead atoms. The van der Waals surface area contributed by atoms with Crippen LogP contribution in [0.25, 0.3) is 0 Å². The third-order valence-electron chi connectivity index (χ3n) is 3.42. The van der Waals surface area contributed by atoms with Crippen molar-refractivity contribution in [1.29, 1.82) is 0 Å². The minimum Gasteiger partial charge on any atom is -0.279 e. The summed E-state index contributed by atoms with van der Waals surface area (Å²) in [5.41, 5.74) is 2.82. The van der Waals surface area contributed by atoms with E-state index in [2.05, 4.69) is 62.7 Å². The van der Waals surface area contributed by atoms with E-state index in [9.17, 15) is 0 Å². The molecule has 0 aliphatic carbocycles. The first-order chi connectivity index (χ1) is 8.05. The molecule has 1 aliphatic rings. The predicted molar refractivity (Wildman–Crippen MR) is 77.1 cm³/mol. The van der Waals surface area contributed by atoms with Gasteiger partial charge in [0, 0.05) is 6.54 Å². The molecule has 92 valence electrons. The number of hydrogen-bond acceptors (Lipinski definition) is 2. The molecular formula is C14H21N2P. The van der Waals surface area contributed by atoms with Crippen molar-refractivity contribution in [2.24, 2.45) is 4.99 Å². The van der Waals surface area contributed by atoms with E-state index < -0.39 is 0 Å². The molecule has 2 nitrogen and oxygen atoms in total. The van der Waals surface area contributed by atoms with Crippen LogP contribution in [-0.4, -0.2) is 22.2 Å². The molecule has 0 aromatic heterocycles. The molecule has 1 saturated heterocycles. The zero-order valence-corrected chi connectivity index (χ0v) is 12.1. The van der Waals surface area contributed by atoms with Crippen LogP contribution in [0.2, 0.25) is 0 Å². The van der Waals surface area contributed by atoms with Crippen LogP contribution < -0.4 is 0 Å². The zero-order chi connectivity index (χ0) is 12.5. The first kappa shape index (κ1) is 12.7. The Morgan fingerprint density at radius 3 is 2.47 bits per heavy atom. The zero-order valence-electron chi connectivity index (χ0n) is 11.1. The summed E-state index contributed by atoms with van der Waals surface area (Å²) in [6, 6.07) is 10.8. The Hall–Kier alpha value is -0.720. The van der Waals surface area contributed by atoms with Gasteiger partial charge < -0.3 is 0 Å². The first-order valence-electron chi connectivity index (χ1n) is 6.23. The van der Waals surface area contributed by atoms with Gasteiger partial charge in [-0.3, -0.25) is 9.66 Å². The van der Waals surface area contributed by atoms with E-state index in [1.807, 2.05) is 0 Å². The molecule has 1 aromatic rings. The second kappa shape index (κ2) is 4.88. The maximum Gasteiger partial charge on any atom is 0.0725 e.